The fourth-order valence-electron chi connectivity index (χ4n) is 4.29. The number of amides is 2. The standard InChI is InChI=1S/C18H27N5O2/c1-14-10-19-16(20-11-14)23-8-5-18(12-23)13-25-9-4-15(18)21-17(24)22-6-2-3-7-22/h10-11,15H,2-9,12-13H2,1H3,(H,21,24)/t15-,18+/m0/s1. The summed E-state index contributed by atoms with van der Waals surface area (Å²) in [6.45, 7) is 6.91. The third kappa shape index (κ3) is 3.29. The van der Waals surface area contributed by atoms with Gasteiger partial charge in [0.2, 0.25) is 5.95 Å². The van der Waals surface area contributed by atoms with Gasteiger partial charge in [0.15, 0.2) is 0 Å². The van der Waals surface area contributed by atoms with Crippen LogP contribution in [0.2, 0.25) is 0 Å². The zero-order valence-electron chi connectivity index (χ0n) is 14.9. The first-order valence-corrected chi connectivity index (χ1v) is 9.33. The maximum Gasteiger partial charge on any atom is 0.317 e. The number of nitrogens with one attached hydrogen (secondary N) is 1. The summed E-state index contributed by atoms with van der Waals surface area (Å²) in [5, 5.41) is 3.31. The number of carbonyl (C=O) groups excluding carboxylic acids is 1. The molecule has 1 aromatic rings. The van der Waals surface area contributed by atoms with Crippen LogP contribution in [0.3, 0.4) is 0 Å². The summed E-state index contributed by atoms with van der Waals surface area (Å²) < 4.78 is 5.82. The molecule has 0 bridgehead atoms. The van der Waals surface area contributed by atoms with E-state index < -0.39 is 0 Å². The molecule has 0 aliphatic carbocycles. The normalized spacial score (nSPS) is 29.4. The van der Waals surface area contributed by atoms with Gasteiger partial charge in [-0.25, -0.2) is 14.8 Å². The van der Waals surface area contributed by atoms with Gasteiger partial charge in [-0.1, -0.05) is 0 Å². The molecule has 25 heavy (non-hydrogen) atoms. The molecule has 4 heterocycles. The van der Waals surface area contributed by atoms with E-state index in [2.05, 4.69) is 20.2 Å². The number of likely N-dealkylation sites (tertiary alicyclic amines) is 1. The van der Waals surface area contributed by atoms with E-state index in [0.717, 1.165) is 63.4 Å². The maximum atomic E-state index is 12.6. The number of aryl methyl sites for hydroxylation is 1. The molecule has 7 heteroatoms. The van der Waals surface area contributed by atoms with Crippen molar-refractivity contribution in [3.63, 3.8) is 0 Å². The fraction of sp³-hybridized carbons (Fsp3) is 0.722. The lowest BCUT2D eigenvalue weighted by molar-refractivity contribution is -0.0190. The van der Waals surface area contributed by atoms with Gasteiger partial charge >= 0.3 is 6.03 Å². The predicted octanol–water partition coefficient (Wildman–Crippen LogP) is 1.58. The van der Waals surface area contributed by atoms with E-state index in [-0.39, 0.29) is 17.5 Å². The molecule has 1 spiro atoms. The molecule has 0 radical (unpaired) electrons. The van der Waals surface area contributed by atoms with Crippen LogP contribution in [0.5, 0.6) is 0 Å². The first-order valence-electron chi connectivity index (χ1n) is 9.33. The van der Waals surface area contributed by atoms with Crippen LogP contribution >= 0.6 is 0 Å². The molecule has 4 rings (SSSR count). The molecule has 136 valence electrons. The molecule has 2 atom stereocenters. The van der Waals surface area contributed by atoms with Crippen molar-refractivity contribution in [2.24, 2.45) is 5.41 Å². The van der Waals surface area contributed by atoms with Crippen LogP contribution in [0.1, 0.15) is 31.2 Å². The summed E-state index contributed by atoms with van der Waals surface area (Å²) in [6.07, 6.45) is 7.82. The second-order valence-electron chi connectivity index (χ2n) is 7.63. The predicted molar refractivity (Wildman–Crippen MR) is 94.6 cm³/mol. The van der Waals surface area contributed by atoms with Gasteiger partial charge in [0.1, 0.15) is 0 Å². The lowest BCUT2D eigenvalue weighted by Crippen LogP contribution is -2.57. The number of hydrogen-bond acceptors (Lipinski definition) is 5. The number of rotatable bonds is 2. The van der Waals surface area contributed by atoms with Crippen LogP contribution in [0.25, 0.3) is 0 Å². The van der Waals surface area contributed by atoms with Gasteiger partial charge in [-0.2, -0.15) is 0 Å². The summed E-state index contributed by atoms with van der Waals surface area (Å²) in [7, 11) is 0. The van der Waals surface area contributed by atoms with Crippen molar-refractivity contribution in [2.75, 3.05) is 44.3 Å². The second kappa shape index (κ2) is 6.78. The summed E-state index contributed by atoms with van der Waals surface area (Å²) in [4.78, 5) is 25.7. The number of ether oxygens (including phenoxy) is 1. The summed E-state index contributed by atoms with van der Waals surface area (Å²) in [5.74, 6) is 0.776. The summed E-state index contributed by atoms with van der Waals surface area (Å²) in [5.41, 5.74) is 1.02. The Kier molecular flexibility index (Phi) is 4.50. The van der Waals surface area contributed by atoms with Gasteiger partial charge in [-0.3, -0.25) is 0 Å². The monoisotopic (exact) mass is 345 g/mol. The minimum atomic E-state index is -0.0398. The number of urea groups is 1. The van der Waals surface area contributed by atoms with Crippen molar-refractivity contribution in [3.8, 4) is 0 Å². The van der Waals surface area contributed by atoms with E-state index in [4.69, 9.17) is 4.74 Å². The van der Waals surface area contributed by atoms with Crippen molar-refractivity contribution < 1.29 is 9.53 Å². The Labute approximate surface area is 148 Å². The molecular formula is C18H27N5O2. The largest absolute Gasteiger partial charge is 0.381 e. The Morgan fingerprint density at radius 3 is 2.80 bits per heavy atom. The smallest absolute Gasteiger partial charge is 0.317 e. The Morgan fingerprint density at radius 2 is 2.04 bits per heavy atom. The van der Waals surface area contributed by atoms with Crippen LogP contribution in [0.4, 0.5) is 10.7 Å². The lowest BCUT2D eigenvalue weighted by Gasteiger charge is -2.41. The van der Waals surface area contributed by atoms with Crippen molar-refractivity contribution in [3.05, 3.63) is 18.0 Å². The van der Waals surface area contributed by atoms with E-state index in [1.165, 1.54) is 0 Å². The molecular weight excluding hydrogens is 318 g/mol. The molecule has 1 aromatic heterocycles. The first-order chi connectivity index (χ1) is 12.2. The minimum Gasteiger partial charge on any atom is -0.381 e. The highest BCUT2D eigenvalue weighted by Gasteiger charge is 2.48. The van der Waals surface area contributed by atoms with Gasteiger partial charge in [-0.15, -0.1) is 0 Å². The molecule has 3 saturated heterocycles. The molecule has 7 nitrogen and oxygen atoms in total. The first kappa shape index (κ1) is 16.6. The highest BCUT2D eigenvalue weighted by atomic mass is 16.5. The van der Waals surface area contributed by atoms with E-state index >= 15 is 0 Å². The fourth-order valence-corrected chi connectivity index (χ4v) is 4.29. The van der Waals surface area contributed by atoms with Crippen molar-refractivity contribution in [1.29, 1.82) is 0 Å². The van der Waals surface area contributed by atoms with E-state index in [1.807, 2.05) is 24.2 Å². The molecule has 0 aromatic carbocycles. The van der Waals surface area contributed by atoms with Gasteiger partial charge < -0.3 is 19.9 Å². The van der Waals surface area contributed by atoms with Crippen molar-refractivity contribution in [2.45, 2.75) is 38.6 Å². The molecule has 3 aliphatic rings. The Morgan fingerprint density at radius 1 is 1.28 bits per heavy atom. The Balaban J connectivity index is 1.46. The molecule has 0 unspecified atom stereocenters. The zero-order chi connectivity index (χ0) is 17.3. The van der Waals surface area contributed by atoms with Crippen LogP contribution in [0, 0.1) is 12.3 Å². The SMILES string of the molecule is Cc1cnc(N2CC[C@]3(COCC[C@@H]3NC(=O)N3CCCC3)C2)nc1. The summed E-state index contributed by atoms with van der Waals surface area (Å²) in [6, 6.07) is 0.249. The van der Waals surface area contributed by atoms with Crippen molar-refractivity contribution >= 4 is 12.0 Å². The molecule has 2 amide bonds. The van der Waals surface area contributed by atoms with E-state index in [9.17, 15) is 4.79 Å². The van der Waals surface area contributed by atoms with Gasteiger partial charge in [0, 0.05) is 56.6 Å². The zero-order valence-corrected chi connectivity index (χ0v) is 14.9. The number of aromatic nitrogens is 2. The van der Waals surface area contributed by atoms with Gasteiger partial charge in [-0.05, 0) is 38.2 Å². The van der Waals surface area contributed by atoms with Gasteiger partial charge in [0.05, 0.1) is 6.61 Å². The molecule has 3 fully saturated rings. The quantitative estimate of drug-likeness (QED) is 0.881. The molecule has 1 N–H and O–H groups in total. The average molecular weight is 345 g/mol. The third-order valence-electron chi connectivity index (χ3n) is 5.81. The summed E-state index contributed by atoms with van der Waals surface area (Å²) >= 11 is 0. The number of carbonyl (C=O) groups is 1. The molecule has 3 aliphatic heterocycles. The second-order valence-corrected chi connectivity index (χ2v) is 7.63. The number of anilines is 1. The van der Waals surface area contributed by atoms with Crippen LogP contribution in [0.15, 0.2) is 12.4 Å². The van der Waals surface area contributed by atoms with Crippen LogP contribution in [-0.2, 0) is 4.74 Å². The lowest BCUT2D eigenvalue weighted by atomic mass is 9.77. The Bertz CT molecular complexity index is 616. The van der Waals surface area contributed by atoms with E-state index in [1.54, 1.807) is 0 Å². The average Bonchev–Trinajstić information content (AvgIpc) is 3.29. The van der Waals surface area contributed by atoms with Gasteiger partial charge in [0.25, 0.3) is 0 Å². The Hall–Kier alpha value is -1.89. The third-order valence-corrected chi connectivity index (χ3v) is 5.81. The van der Waals surface area contributed by atoms with Crippen molar-refractivity contribution in [1.82, 2.24) is 20.2 Å². The maximum absolute atomic E-state index is 12.6. The minimum absolute atomic E-state index is 0.0398. The van der Waals surface area contributed by atoms with E-state index in [0.29, 0.717) is 13.2 Å². The number of nitrogens with zero attached hydrogens (tertiary/aromatic N) is 4. The highest BCUT2D eigenvalue weighted by Crippen LogP contribution is 2.39. The highest BCUT2D eigenvalue weighted by molar-refractivity contribution is 5.75. The number of hydrogen-bond donors (Lipinski definition) is 1. The molecule has 0 saturated carbocycles. The van der Waals surface area contributed by atoms with Crippen LogP contribution < -0.4 is 10.2 Å². The topological polar surface area (TPSA) is 70.6 Å². The van der Waals surface area contributed by atoms with Crippen LogP contribution in [-0.4, -0.2) is 66.3 Å².